The number of anilines is 2. The van der Waals surface area contributed by atoms with Gasteiger partial charge in [-0.3, -0.25) is 4.90 Å². The summed E-state index contributed by atoms with van der Waals surface area (Å²) in [6, 6.07) is 12.6. The van der Waals surface area contributed by atoms with Crippen LogP contribution in [0, 0.1) is 34.4 Å². The van der Waals surface area contributed by atoms with Gasteiger partial charge in [-0.2, -0.15) is 0 Å². The monoisotopic (exact) mass is 306 g/mol. The molecule has 23 heavy (non-hydrogen) atoms. The predicted molar refractivity (Wildman–Crippen MR) is 95.1 cm³/mol. The van der Waals surface area contributed by atoms with Crippen LogP contribution in [0.1, 0.15) is 22.3 Å². The number of rotatable bonds is 3. The molecule has 0 aliphatic carbocycles. The average Bonchev–Trinajstić information content (AvgIpc) is 2.90. The molecule has 2 radical (unpaired) electrons. The zero-order valence-electron chi connectivity index (χ0n) is 14.3. The second-order valence-corrected chi connectivity index (χ2v) is 5.96. The van der Waals surface area contributed by atoms with E-state index < -0.39 is 0 Å². The molecule has 3 nitrogen and oxygen atoms in total. The molecule has 3 heteroatoms. The fourth-order valence-electron chi connectivity index (χ4n) is 3.12. The quantitative estimate of drug-likeness (QED) is 0.818. The fourth-order valence-corrected chi connectivity index (χ4v) is 3.12. The maximum absolute atomic E-state index is 5.60. The predicted octanol–water partition coefficient (Wildman–Crippen LogP) is 4.69. The minimum Gasteiger partial charge on any atom is -0.481 e. The van der Waals surface area contributed by atoms with Crippen LogP contribution in [-0.4, -0.2) is 7.11 Å². The van der Waals surface area contributed by atoms with Gasteiger partial charge in [0.05, 0.1) is 19.0 Å². The molecule has 0 fully saturated rings. The summed E-state index contributed by atoms with van der Waals surface area (Å²) in [6.45, 7) is 11.9. The van der Waals surface area contributed by atoms with Gasteiger partial charge in [-0.25, -0.2) is 0 Å². The van der Waals surface area contributed by atoms with Crippen LogP contribution in [0.4, 0.5) is 11.4 Å². The van der Waals surface area contributed by atoms with Gasteiger partial charge in [0.25, 0.3) is 0 Å². The first kappa shape index (κ1) is 15.5. The summed E-state index contributed by atoms with van der Waals surface area (Å²) in [5.74, 6) is 0.769. The summed E-state index contributed by atoms with van der Waals surface area (Å²) < 4.78 is 5.60. The molecule has 0 spiro atoms. The van der Waals surface area contributed by atoms with Crippen molar-refractivity contribution in [2.45, 2.75) is 27.7 Å². The zero-order valence-corrected chi connectivity index (χ0v) is 14.3. The molecule has 0 N–H and O–H groups in total. The Bertz CT molecular complexity index is 724. The van der Waals surface area contributed by atoms with E-state index in [4.69, 9.17) is 4.74 Å². The number of para-hydroxylation sites is 2. The first-order valence-corrected chi connectivity index (χ1v) is 7.77. The first-order chi connectivity index (χ1) is 11.0. The Hall–Kier alpha value is -2.42. The molecule has 0 amide bonds. The normalized spacial score (nSPS) is 14.2. The van der Waals surface area contributed by atoms with E-state index in [9.17, 15) is 0 Å². The van der Waals surface area contributed by atoms with Gasteiger partial charge in [0.15, 0.2) is 0 Å². The number of benzene rings is 2. The largest absolute Gasteiger partial charge is 0.481 e. The van der Waals surface area contributed by atoms with Crippen molar-refractivity contribution in [3.63, 3.8) is 0 Å². The molecule has 0 bridgehead atoms. The summed E-state index contributed by atoms with van der Waals surface area (Å²) >= 11 is 0. The van der Waals surface area contributed by atoms with Crippen molar-refractivity contribution in [2.75, 3.05) is 16.9 Å². The van der Waals surface area contributed by atoms with Gasteiger partial charge in [-0.1, -0.05) is 36.4 Å². The topological polar surface area (TPSA) is 15.7 Å². The third-order valence-corrected chi connectivity index (χ3v) is 4.22. The second-order valence-electron chi connectivity index (χ2n) is 5.96. The third kappa shape index (κ3) is 2.67. The Labute approximate surface area is 138 Å². The molecule has 1 aliphatic heterocycles. The summed E-state index contributed by atoms with van der Waals surface area (Å²) in [7, 11) is 1.70. The Kier molecular flexibility index (Phi) is 4.03. The van der Waals surface area contributed by atoms with E-state index in [2.05, 4.69) is 70.8 Å². The minimum absolute atomic E-state index is 0.769. The molecule has 0 saturated heterocycles. The van der Waals surface area contributed by atoms with Crippen LogP contribution in [0.3, 0.4) is 0 Å². The van der Waals surface area contributed by atoms with Crippen LogP contribution in [0.25, 0.3) is 0 Å². The van der Waals surface area contributed by atoms with E-state index in [0.717, 1.165) is 17.3 Å². The van der Waals surface area contributed by atoms with Crippen LogP contribution in [0.2, 0.25) is 0 Å². The van der Waals surface area contributed by atoms with Gasteiger partial charge in [0, 0.05) is 5.69 Å². The summed E-state index contributed by atoms with van der Waals surface area (Å²) in [4.78, 5) is 4.02. The lowest BCUT2D eigenvalue weighted by Crippen LogP contribution is -2.23. The van der Waals surface area contributed by atoms with Crippen molar-refractivity contribution in [2.24, 2.45) is 0 Å². The smallest absolute Gasteiger partial charge is 0.220 e. The number of ether oxygens (including phenoxy) is 1. The molecule has 0 atom stereocenters. The van der Waals surface area contributed by atoms with E-state index >= 15 is 0 Å². The Morgan fingerprint density at radius 3 is 1.74 bits per heavy atom. The van der Waals surface area contributed by atoms with Crippen LogP contribution >= 0.6 is 0 Å². The van der Waals surface area contributed by atoms with Crippen molar-refractivity contribution >= 4 is 11.4 Å². The lowest BCUT2D eigenvalue weighted by molar-refractivity contribution is 0.287. The number of methoxy groups -OCH3 is 1. The van der Waals surface area contributed by atoms with Gasteiger partial charge in [0.1, 0.15) is 0 Å². The van der Waals surface area contributed by atoms with Crippen molar-refractivity contribution in [1.82, 2.24) is 0 Å². The third-order valence-electron chi connectivity index (χ3n) is 4.22. The van der Waals surface area contributed by atoms with E-state index in [0.29, 0.717) is 0 Å². The fraction of sp³-hybridized carbons (Fsp3) is 0.250. The molecule has 0 saturated carbocycles. The molecule has 2 aromatic carbocycles. The number of nitrogens with zero attached hydrogens (tertiary/aromatic N) is 2. The highest BCUT2D eigenvalue weighted by Crippen LogP contribution is 2.37. The van der Waals surface area contributed by atoms with Gasteiger partial charge in [-0.15, -0.1) is 0 Å². The molecule has 1 aliphatic rings. The maximum Gasteiger partial charge on any atom is 0.220 e. The van der Waals surface area contributed by atoms with E-state index in [-0.39, 0.29) is 0 Å². The molecular formula is C20H22N2O. The van der Waals surface area contributed by atoms with Crippen molar-refractivity contribution in [1.29, 1.82) is 0 Å². The molecular weight excluding hydrogens is 284 g/mol. The van der Waals surface area contributed by atoms with Gasteiger partial charge >= 0.3 is 0 Å². The van der Waals surface area contributed by atoms with Crippen LogP contribution < -0.4 is 9.80 Å². The molecule has 118 valence electrons. The lowest BCUT2D eigenvalue weighted by atomic mass is 10.1. The first-order valence-electron chi connectivity index (χ1n) is 7.77. The second kappa shape index (κ2) is 5.99. The average molecular weight is 306 g/mol. The molecule has 0 unspecified atom stereocenters. The van der Waals surface area contributed by atoms with E-state index in [1.54, 1.807) is 7.11 Å². The summed E-state index contributed by atoms with van der Waals surface area (Å²) in [5, 5.41) is 0. The molecule has 0 aromatic heterocycles. The van der Waals surface area contributed by atoms with Crippen molar-refractivity contribution < 1.29 is 4.74 Å². The van der Waals surface area contributed by atoms with Gasteiger partial charge in [-0.05, 0) is 49.9 Å². The molecule has 3 rings (SSSR count). The van der Waals surface area contributed by atoms with E-state index in [1.807, 2.05) is 16.0 Å². The highest BCUT2D eigenvalue weighted by molar-refractivity contribution is 5.71. The van der Waals surface area contributed by atoms with E-state index in [1.165, 1.54) is 22.3 Å². The number of hydrogen-bond acceptors (Lipinski definition) is 3. The molecule has 1 heterocycles. The van der Waals surface area contributed by atoms with Crippen LogP contribution in [0.15, 0.2) is 48.5 Å². The van der Waals surface area contributed by atoms with Gasteiger partial charge in [0.2, 0.25) is 12.6 Å². The number of hydrogen-bond donors (Lipinski definition) is 0. The lowest BCUT2D eigenvalue weighted by Gasteiger charge is -2.25. The van der Waals surface area contributed by atoms with Crippen molar-refractivity contribution in [3.8, 4) is 0 Å². The highest BCUT2D eigenvalue weighted by atomic mass is 16.5. The van der Waals surface area contributed by atoms with Gasteiger partial charge < -0.3 is 9.64 Å². The van der Waals surface area contributed by atoms with Crippen LogP contribution in [-0.2, 0) is 4.74 Å². The Morgan fingerprint density at radius 1 is 0.783 bits per heavy atom. The standard InChI is InChI=1S/C20H22N2O/c1-14-8-6-9-15(2)19(14)21-12-18(23-5)22(13-21)20-16(3)10-7-11-17(20)4/h6-12H,1-5H3. The van der Waals surface area contributed by atoms with Crippen molar-refractivity contribution in [3.05, 3.63) is 77.4 Å². The van der Waals surface area contributed by atoms with Crippen LogP contribution in [0.5, 0.6) is 0 Å². The summed E-state index contributed by atoms with van der Waals surface area (Å²) in [6.07, 6.45) is 1.99. The maximum atomic E-state index is 5.60. The number of aryl methyl sites for hydroxylation is 4. The Balaban J connectivity index is 2.03. The molecule has 2 aromatic rings. The SMILES string of the molecule is COC1=CN(c2c(C)cccc2C)[C]N1c1c(C)cccc1C. The Morgan fingerprint density at radius 2 is 1.26 bits per heavy atom. The minimum atomic E-state index is 0.769. The zero-order chi connectivity index (χ0) is 16.6. The highest BCUT2D eigenvalue weighted by Gasteiger charge is 2.29. The summed E-state index contributed by atoms with van der Waals surface area (Å²) in [5.41, 5.74) is 7.10.